The van der Waals surface area contributed by atoms with Crippen LogP contribution in [0.1, 0.15) is 19.1 Å². The van der Waals surface area contributed by atoms with E-state index in [4.69, 9.17) is 9.52 Å². The Morgan fingerprint density at radius 3 is 2.64 bits per heavy atom. The van der Waals surface area contributed by atoms with E-state index in [1.807, 2.05) is 25.9 Å². The second kappa shape index (κ2) is 3.84. The molecule has 1 rings (SSSR count). The molecule has 0 amide bonds. The van der Waals surface area contributed by atoms with Crippen LogP contribution in [0.4, 0.5) is 0 Å². The lowest BCUT2D eigenvalue weighted by Gasteiger charge is -2.33. The lowest BCUT2D eigenvalue weighted by atomic mass is 9.93. The van der Waals surface area contributed by atoms with Crippen molar-refractivity contribution in [2.45, 2.75) is 18.9 Å². The molecular formula is C10H15NO3. The van der Waals surface area contributed by atoms with Gasteiger partial charge in [-0.05, 0) is 33.2 Å². The van der Waals surface area contributed by atoms with Crippen LogP contribution in [0.15, 0.2) is 22.8 Å². The normalized spacial score (nSPS) is 15.4. The van der Waals surface area contributed by atoms with Gasteiger partial charge < -0.3 is 9.52 Å². The Balaban J connectivity index is 2.99. The minimum Gasteiger partial charge on any atom is -0.481 e. The maximum absolute atomic E-state index is 10.7. The second-order valence-electron chi connectivity index (χ2n) is 3.72. The van der Waals surface area contributed by atoms with Crippen LogP contribution in [0.25, 0.3) is 0 Å². The molecule has 14 heavy (non-hydrogen) atoms. The average molecular weight is 197 g/mol. The largest absolute Gasteiger partial charge is 0.481 e. The zero-order chi connectivity index (χ0) is 10.8. The fourth-order valence-corrected chi connectivity index (χ4v) is 1.35. The van der Waals surface area contributed by atoms with Crippen LogP contribution in [0.5, 0.6) is 0 Å². The Hall–Kier alpha value is -1.29. The first-order valence-corrected chi connectivity index (χ1v) is 4.40. The monoisotopic (exact) mass is 197 g/mol. The standard InChI is InChI=1S/C10H15NO3/c1-10(11(2)3,7-9(12)13)8-5-4-6-14-8/h4-6H,7H2,1-3H3,(H,12,13). The van der Waals surface area contributed by atoms with Gasteiger partial charge in [0.05, 0.1) is 18.2 Å². The Morgan fingerprint density at radius 2 is 2.29 bits per heavy atom. The van der Waals surface area contributed by atoms with E-state index in [9.17, 15) is 4.79 Å². The molecule has 0 saturated carbocycles. The van der Waals surface area contributed by atoms with E-state index >= 15 is 0 Å². The molecule has 1 heterocycles. The quantitative estimate of drug-likeness (QED) is 0.795. The van der Waals surface area contributed by atoms with Gasteiger partial charge in [0.1, 0.15) is 5.76 Å². The summed E-state index contributed by atoms with van der Waals surface area (Å²) < 4.78 is 5.26. The van der Waals surface area contributed by atoms with Gasteiger partial charge in [-0.2, -0.15) is 0 Å². The van der Waals surface area contributed by atoms with E-state index in [1.165, 1.54) is 0 Å². The highest BCUT2D eigenvalue weighted by atomic mass is 16.4. The molecule has 0 fully saturated rings. The van der Waals surface area contributed by atoms with Crippen molar-refractivity contribution in [2.75, 3.05) is 14.1 Å². The van der Waals surface area contributed by atoms with Crippen LogP contribution in [0.3, 0.4) is 0 Å². The predicted octanol–water partition coefficient (Wildman–Crippen LogP) is 1.53. The number of carbonyl (C=O) groups is 1. The van der Waals surface area contributed by atoms with Crippen molar-refractivity contribution < 1.29 is 14.3 Å². The lowest BCUT2D eigenvalue weighted by Crippen LogP contribution is -2.40. The molecule has 1 atom stereocenters. The third kappa shape index (κ3) is 1.96. The number of hydrogen-bond acceptors (Lipinski definition) is 3. The van der Waals surface area contributed by atoms with Crippen LogP contribution in [-0.2, 0) is 10.3 Å². The summed E-state index contributed by atoms with van der Waals surface area (Å²) in [6, 6.07) is 3.56. The molecule has 1 unspecified atom stereocenters. The molecule has 78 valence electrons. The van der Waals surface area contributed by atoms with E-state index in [-0.39, 0.29) is 6.42 Å². The summed E-state index contributed by atoms with van der Waals surface area (Å²) in [5.74, 6) is -0.164. The molecule has 0 bridgehead atoms. The second-order valence-corrected chi connectivity index (χ2v) is 3.72. The first-order valence-electron chi connectivity index (χ1n) is 4.40. The van der Waals surface area contributed by atoms with Gasteiger partial charge in [0, 0.05) is 0 Å². The van der Waals surface area contributed by atoms with Crippen molar-refractivity contribution in [3.8, 4) is 0 Å². The molecule has 0 spiro atoms. The zero-order valence-electron chi connectivity index (χ0n) is 8.65. The number of nitrogens with zero attached hydrogens (tertiary/aromatic N) is 1. The SMILES string of the molecule is CN(C)C(C)(CC(=O)O)c1ccco1. The maximum Gasteiger partial charge on any atom is 0.305 e. The highest BCUT2D eigenvalue weighted by Crippen LogP contribution is 2.29. The van der Waals surface area contributed by atoms with E-state index in [0.29, 0.717) is 5.76 Å². The number of rotatable bonds is 4. The van der Waals surface area contributed by atoms with Crippen LogP contribution < -0.4 is 0 Å². The Bertz CT molecular complexity index is 305. The van der Waals surface area contributed by atoms with E-state index in [2.05, 4.69) is 0 Å². The Kier molecular flexibility index (Phi) is 2.96. The lowest BCUT2D eigenvalue weighted by molar-refractivity contribution is -0.140. The first kappa shape index (κ1) is 10.8. The van der Waals surface area contributed by atoms with Crippen LogP contribution in [-0.4, -0.2) is 30.1 Å². The van der Waals surface area contributed by atoms with Crippen molar-refractivity contribution in [1.82, 2.24) is 4.90 Å². The molecule has 0 aliphatic carbocycles. The third-order valence-electron chi connectivity index (χ3n) is 2.53. The summed E-state index contributed by atoms with van der Waals surface area (Å²) in [5, 5.41) is 8.83. The number of furan rings is 1. The topological polar surface area (TPSA) is 53.7 Å². The highest BCUT2D eigenvalue weighted by molar-refractivity contribution is 5.68. The summed E-state index contributed by atoms with van der Waals surface area (Å²) in [7, 11) is 3.68. The number of carboxylic acid groups (broad SMARTS) is 1. The summed E-state index contributed by atoms with van der Waals surface area (Å²) in [6.45, 7) is 1.85. The van der Waals surface area contributed by atoms with Gasteiger partial charge in [0.2, 0.25) is 0 Å². The number of carboxylic acids is 1. The smallest absolute Gasteiger partial charge is 0.305 e. The maximum atomic E-state index is 10.7. The van der Waals surface area contributed by atoms with Gasteiger partial charge in [-0.3, -0.25) is 9.69 Å². The molecule has 0 aliphatic heterocycles. The van der Waals surface area contributed by atoms with Gasteiger partial charge in [0.25, 0.3) is 0 Å². The molecular weight excluding hydrogens is 182 g/mol. The molecule has 0 aromatic carbocycles. The molecule has 0 saturated heterocycles. The number of hydrogen-bond donors (Lipinski definition) is 1. The fourth-order valence-electron chi connectivity index (χ4n) is 1.35. The Labute approximate surface area is 83.1 Å². The minimum absolute atomic E-state index is 0.0213. The molecule has 1 aromatic rings. The fraction of sp³-hybridized carbons (Fsp3) is 0.500. The average Bonchev–Trinajstić information content (AvgIpc) is 2.53. The predicted molar refractivity (Wildman–Crippen MR) is 52.0 cm³/mol. The van der Waals surface area contributed by atoms with Gasteiger partial charge in [-0.1, -0.05) is 0 Å². The van der Waals surface area contributed by atoms with Gasteiger partial charge in [0.15, 0.2) is 0 Å². The first-order chi connectivity index (χ1) is 6.47. The van der Waals surface area contributed by atoms with E-state index in [0.717, 1.165) is 0 Å². The summed E-state index contributed by atoms with van der Waals surface area (Å²) >= 11 is 0. The molecule has 0 radical (unpaired) electrons. The minimum atomic E-state index is -0.836. The van der Waals surface area contributed by atoms with Crippen LogP contribution in [0.2, 0.25) is 0 Å². The van der Waals surface area contributed by atoms with Gasteiger partial charge in [-0.15, -0.1) is 0 Å². The number of aliphatic carboxylic acids is 1. The van der Waals surface area contributed by atoms with Crippen LogP contribution in [0, 0.1) is 0 Å². The molecule has 4 nitrogen and oxygen atoms in total. The van der Waals surface area contributed by atoms with Crippen molar-refractivity contribution in [3.63, 3.8) is 0 Å². The van der Waals surface area contributed by atoms with Gasteiger partial charge >= 0.3 is 5.97 Å². The van der Waals surface area contributed by atoms with E-state index < -0.39 is 11.5 Å². The van der Waals surface area contributed by atoms with E-state index in [1.54, 1.807) is 18.4 Å². The van der Waals surface area contributed by atoms with Crippen molar-refractivity contribution in [2.24, 2.45) is 0 Å². The summed E-state index contributed by atoms with van der Waals surface area (Å²) in [4.78, 5) is 12.6. The van der Waals surface area contributed by atoms with Gasteiger partial charge in [-0.25, -0.2) is 0 Å². The summed E-state index contributed by atoms with van der Waals surface area (Å²) in [6.07, 6.45) is 1.58. The highest BCUT2D eigenvalue weighted by Gasteiger charge is 2.34. The summed E-state index contributed by atoms with van der Waals surface area (Å²) in [5.41, 5.74) is -0.588. The third-order valence-corrected chi connectivity index (χ3v) is 2.53. The van der Waals surface area contributed by atoms with Crippen LogP contribution >= 0.6 is 0 Å². The van der Waals surface area contributed by atoms with Crippen molar-refractivity contribution in [3.05, 3.63) is 24.2 Å². The molecule has 0 aliphatic rings. The molecule has 1 N–H and O–H groups in total. The molecule has 1 aromatic heterocycles. The van der Waals surface area contributed by atoms with Crippen molar-refractivity contribution in [1.29, 1.82) is 0 Å². The Morgan fingerprint density at radius 1 is 1.64 bits per heavy atom. The molecule has 4 heteroatoms. The van der Waals surface area contributed by atoms with Crippen molar-refractivity contribution >= 4 is 5.97 Å². The zero-order valence-corrected chi connectivity index (χ0v) is 8.65.